The second-order valence-corrected chi connectivity index (χ2v) is 11.4. The molecule has 0 spiro atoms. The number of hydrazine groups is 1. The largest absolute Gasteiger partial charge is 0.393 e. The summed E-state index contributed by atoms with van der Waals surface area (Å²) in [6.07, 6.45) is 11.4. The average molecular weight is 443 g/mol. The van der Waals surface area contributed by atoms with Crippen molar-refractivity contribution in [3.8, 4) is 0 Å². The smallest absolute Gasteiger partial charge is 0.269 e. The topological polar surface area (TPSA) is 61.4 Å². The Hall–Kier alpha value is -1.52. The predicted molar refractivity (Wildman–Crippen MR) is 123 cm³/mol. The Balaban J connectivity index is 1.28. The fourth-order valence-electron chi connectivity index (χ4n) is 7.82. The minimum atomic E-state index is -0.155. The molecule has 3 saturated carbocycles. The summed E-state index contributed by atoms with van der Waals surface area (Å²) < 4.78 is 0. The Kier molecular flexibility index (Phi) is 5.37. The van der Waals surface area contributed by atoms with Gasteiger partial charge in [0.2, 0.25) is 0 Å². The van der Waals surface area contributed by atoms with Crippen LogP contribution in [0, 0.1) is 34.5 Å². The van der Waals surface area contributed by atoms with Crippen LogP contribution in [0.15, 0.2) is 36.0 Å². The molecule has 3 N–H and O–H groups in total. The van der Waals surface area contributed by atoms with Crippen LogP contribution in [0.5, 0.6) is 0 Å². The SMILES string of the molecule is CC12CCC3C(CCC4CC(O)CCC43C)C1CC=C2NNC(=O)c1cccc(Cl)c1. The first kappa shape index (κ1) is 21.3. The number of halogens is 1. The van der Waals surface area contributed by atoms with Crippen LogP contribution in [-0.4, -0.2) is 17.1 Å². The summed E-state index contributed by atoms with van der Waals surface area (Å²) in [5.74, 6) is 2.69. The van der Waals surface area contributed by atoms with Crippen molar-refractivity contribution < 1.29 is 9.90 Å². The van der Waals surface area contributed by atoms with Gasteiger partial charge in [0.1, 0.15) is 0 Å². The zero-order valence-electron chi connectivity index (χ0n) is 18.7. The minimum absolute atomic E-state index is 0.0875. The molecule has 1 aromatic carbocycles. The van der Waals surface area contributed by atoms with Crippen LogP contribution in [-0.2, 0) is 0 Å². The highest BCUT2D eigenvalue weighted by Crippen LogP contribution is 2.65. The van der Waals surface area contributed by atoms with Crippen molar-refractivity contribution >= 4 is 17.5 Å². The Bertz CT molecular complexity index is 901. The number of aliphatic hydroxyl groups is 1. The second kappa shape index (κ2) is 7.81. The van der Waals surface area contributed by atoms with Crippen molar-refractivity contribution in [2.75, 3.05) is 0 Å². The molecule has 7 unspecified atom stereocenters. The van der Waals surface area contributed by atoms with E-state index in [-0.39, 0.29) is 17.4 Å². The first-order chi connectivity index (χ1) is 14.8. The molecule has 7 atom stereocenters. The van der Waals surface area contributed by atoms with E-state index in [9.17, 15) is 9.90 Å². The number of hydrogen-bond acceptors (Lipinski definition) is 3. The third kappa shape index (κ3) is 3.51. The number of carbonyl (C=O) groups is 1. The zero-order valence-corrected chi connectivity index (χ0v) is 19.4. The molecule has 1 amide bonds. The highest BCUT2D eigenvalue weighted by Gasteiger charge is 2.58. The molecule has 168 valence electrons. The lowest BCUT2D eigenvalue weighted by Crippen LogP contribution is -2.54. The van der Waals surface area contributed by atoms with Crippen LogP contribution >= 0.6 is 11.6 Å². The van der Waals surface area contributed by atoms with Crippen LogP contribution < -0.4 is 10.9 Å². The van der Waals surface area contributed by atoms with Crippen molar-refractivity contribution in [1.29, 1.82) is 0 Å². The summed E-state index contributed by atoms with van der Waals surface area (Å²) >= 11 is 6.04. The van der Waals surface area contributed by atoms with Crippen molar-refractivity contribution in [2.24, 2.45) is 34.5 Å². The molecule has 5 rings (SSSR count). The summed E-state index contributed by atoms with van der Waals surface area (Å²) in [5.41, 5.74) is 8.43. The number of benzene rings is 1. The zero-order chi connectivity index (χ0) is 21.8. The van der Waals surface area contributed by atoms with Gasteiger partial charge in [-0.05, 0) is 98.7 Å². The summed E-state index contributed by atoms with van der Waals surface area (Å²) in [5, 5.41) is 10.8. The normalized spacial score (nSPS) is 41.4. The number of nitrogens with one attached hydrogen (secondary N) is 2. The van der Waals surface area contributed by atoms with Gasteiger partial charge in [0.15, 0.2) is 0 Å². The van der Waals surface area contributed by atoms with E-state index in [4.69, 9.17) is 11.6 Å². The molecular formula is C26H35ClN2O2. The van der Waals surface area contributed by atoms with Gasteiger partial charge in [-0.3, -0.25) is 10.2 Å². The van der Waals surface area contributed by atoms with E-state index in [0.717, 1.165) is 37.5 Å². The van der Waals surface area contributed by atoms with E-state index in [1.54, 1.807) is 24.3 Å². The molecule has 4 aliphatic carbocycles. The van der Waals surface area contributed by atoms with Crippen LogP contribution in [0.2, 0.25) is 5.02 Å². The molecule has 0 saturated heterocycles. The lowest BCUT2D eigenvalue weighted by molar-refractivity contribution is -0.118. The van der Waals surface area contributed by atoms with Crippen LogP contribution in [0.25, 0.3) is 0 Å². The van der Waals surface area contributed by atoms with Crippen molar-refractivity contribution in [2.45, 2.75) is 71.3 Å². The monoisotopic (exact) mass is 442 g/mol. The number of aliphatic hydroxyl groups excluding tert-OH is 1. The average Bonchev–Trinajstić information content (AvgIpc) is 3.09. The fraction of sp³-hybridized carbons (Fsp3) is 0.654. The Morgan fingerprint density at radius 3 is 2.77 bits per heavy atom. The molecule has 0 aromatic heterocycles. The van der Waals surface area contributed by atoms with Gasteiger partial charge in [-0.25, -0.2) is 0 Å². The first-order valence-electron chi connectivity index (χ1n) is 12.0. The van der Waals surface area contributed by atoms with Gasteiger partial charge in [-0.2, -0.15) is 0 Å². The van der Waals surface area contributed by atoms with Crippen LogP contribution in [0.4, 0.5) is 0 Å². The van der Waals surface area contributed by atoms with E-state index in [0.29, 0.717) is 27.8 Å². The third-order valence-corrected chi connectivity index (χ3v) is 9.85. The van der Waals surface area contributed by atoms with Crippen molar-refractivity contribution in [3.63, 3.8) is 0 Å². The maximum Gasteiger partial charge on any atom is 0.269 e. The molecule has 1 aromatic rings. The molecule has 0 aliphatic heterocycles. The van der Waals surface area contributed by atoms with Crippen LogP contribution in [0.3, 0.4) is 0 Å². The van der Waals surface area contributed by atoms with Gasteiger partial charge in [-0.1, -0.05) is 37.6 Å². The van der Waals surface area contributed by atoms with Gasteiger partial charge in [0.05, 0.1) is 6.10 Å². The van der Waals surface area contributed by atoms with E-state index in [2.05, 4.69) is 30.8 Å². The lowest BCUT2D eigenvalue weighted by atomic mass is 9.45. The number of rotatable bonds is 3. The molecule has 0 heterocycles. The molecule has 5 heteroatoms. The molecule has 31 heavy (non-hydrogen) atoms. The molecular weight excluding hydrogens is 408 g/mol. The number of carbonyl (C=O) groups excluding carboxylic acids is 1. The Morgan fingerprint density at radius 1 is 1.13 bits per heavy atom. The van der Waals surface area contributed by atoms with Crippen molar-refractivity contribution in [3.05, 3.63) is 46.6 Å². The molecule has 4 nitrogen and oxygen atoms in total. The standard InChI is InChI=1S/C26H35ClN2O2/c1-25-12-10-19(30)15-17(25)6-7-20-21-8-9-23(26(21,2)13-11-22(20)25)28-29-24(31)16-4-3-5-18(27)14-16/h3-5,9,14,17,19-22,28,30H,6-8,10-13,15H2,1-2H3,(H,29,31). The second-order valence-electron chi connectivity index (χ2n) is 11.0. The van der Waals surface area contributed by atoms with Gasteiger partial charge in [-0.15, -0.1) is 0 Å². The first-order valence-corrected chi connectivity index (χ1v) is 12.4. The quantitative estimate of drug-likeness (QED) is 0.544. The summed E-state index contributed by atoms with van der Waals surface area (Å²) in [4.78, 5) is 12.6. The third-order valence-electron chi connectivity index (χ3n) is 9.62. The van der Waals surface area contributed by atoms with Gasteiger partial charge in [0, 0.05) is 21.7 Å². The molecule has 4 aliphatic rings. The number of fused-ring (bicyclic) bond motifs is 5. The lowest BCUT2D eigenvalue weighted by Gasteiger charge is -2.60. The molecule has 0 radical (unpaired) electrons. The van der Waals surface area contributed by atoms with Gasteiger partial charge < -0.3 is 10.5 Å². The summed E-state index contributed by atoms with van der Waals surface area (Å²) in [7, 11) is 0. The van der Waals surface area contributed by atoms with E-state index < -0.39 is 0 Å². The van der Waals surface area contributed by atoms with Gasteiger partial charge in [0.25, 0.3) is 5.91 Å². The fourth-order valence-corrected chi connectivity index (χ4v) is 8.01. The van der Waals surface area contributed by atoms with Crippen LogP contribution in [0.1, 0.15) is 75.6 Å². The summed E-state index contributed by atoms with van der Waals surface area (Å²) in [6.45, 7) is 4.92. The van der Waals surface area contributed by atoms with E-state index in [1.165, 1.54) is 31.4 Å². The Labute approximate surface area is 190 Å². The van der Waals surface area contributed by atoms with E-state index in [1.807, 2.05) is 0 Å². The summed E-state index contributed by atoms with van der Waals surface area (Å²) in [6, 6.07) is 7.04. The molecule has 0 bridgehead atoms. The van der Waals surface area contributed by atoms with E-state index >= 15 is 0 Å². The maximum atomic E-state index is 12.6. The Morgan fingerprint density at radius 2 is 1.97 bits per heavy atom. The predicted octanol–water partition coefficient (Wildman–Crippen LogP) is 5.47. The van der Waals surface area contributed by atoms with Crippen molar-refractivity contribution in [1.82, 2.24) is 10.9 Å². The number of allylic oxidation sites excluding steroid dienone is 2. The molecule has 3 fully saturated rings. The highest BCUT2D eigenvalue weighted by molar-refractivity contribution is 6.30. The number of hydrogen-bond donors (Lipinski definition) is 3. The van der Waals surface area contributed by atoms with Gasteiger partial charge >= 0.3 is 0 Å². The maximum absolute atomic E-state index is 12.6. The highest BCUT2D eigenvalue weighted by atomic mass is 35.5. The number of amides is 1. The minimum Gasteiger partial charge on any atom is -0.393 e.